The van der Waals surface area contributed by atoms with Crippen LogP contribution < -0.4 is 25.7 Å². The van der Waals surface area contributed by atoms with Gasteiger partial charge >= 0.3 is 0 Å². The molecule has 1 unspecified atom stereocenters. The molecule has 4 N–H and O–H groups in total. The van der Waals surface area contributed by atoms with Gasteiger partial charge in [0, 0.05) is 48.2 Å². The first-order valence-corrected chi connectivity index (χ1v) is 17.1. The van der Waals surface area contributed by atoms with Crippen molar-refractivity contribution in [3.8, 4) is 39.6 Å². The van der Waals surface area contributed by atoms with Gasteiger partial charge in [-0.05, 0) is 85.2 Å². The highest BCUT2D eigenvalue weighted by Gasteiger charge is 2.34. The topological polar surface area (TPSA) is 122 Å². The van der Waals surface area contributed by atoms with Crippen LogP contribution >= 0.6 is 0 Å². The number of ether oxygens (including phenoxy) is 3. The first-order valence-electron chi connectivity index (χ1n) is 17.1. The molecule has 3 aromatic carbocycles. The van der Waals surface area contributed by atoms with E-state index in [0.717, 1.165) is 59.5 Å². The minimum Gasteiger partial charge on any atom is -0.489 e. The highest BCUT2D eigenvalue weighted by atomic mass is 16.7. The summed E-state index contributed by atoms with van der Waals surface area (Å²) in [7, 11) is 0. The molecule has 2 amide bonds. The van der Waals surface area contributed by atoms with Crippen LogP contribution in [0.15, 0.2) is 109 Å². The smallest absolute Gasteiger partial charge is 0.255 e. The van der Waals surface area contributed by atoms with Crippen LogP contribution in [0.3, 0.4) is 0 Å². The zero-order valence-corrected chi connectivity index (χ0v) is 28.5. The number of amides is 2. The van der Waals surface area contributed by atoms with E-state index in [1.165, 1.54) is 16.8 Å². The van der Waals surface area contributed by atoms with Crippen molar-refractivity contribution in [1.29, 1.82) is 0 Å². The summed E-state index contributed by atoms with van der Waals surface area (Å²) in [6.07, 6.45) is 10.0. The van der Waals surface area contributed by atoms with Crippen molar-refractivity contribution in [3.63, 3.8) is 0 Å². The van der Waals surface area contributed by atoms with E-state index in [9.17, 15) is 4.79 Å². The quantitative estimate of drug-likeness (QED) is 0.199. The summed E-state index contributed by atoms with van der Waals surface area (Å²) in [5.74, 6) is 2.01. The molecule has 1 saturated heterocycles. The molecule has 1 aromatic heterocycles. The Kier molecular flexibility index (Phi) is 10.8. The fraction of sp³-hybridized carbons (Fsp3) is 0.268. The van der Waals surface area contributed by atoms with Crippen molar-refractivity contribution in [2.24, 2.45) is 11.5 Å². The Morgan fingerprint density at radius 2 is 1.74 bits per heavy atom. The second-order valence-electron chi connectivity index (χ2n) is 12.5. The number of likely N-dealkylation sites (tertiary alicyclic amines) is 1. The van der Waals surface area contributed by atoms with E-state index in [4.69, 9.17) is 24.7 Å². The maximum absolute atomic E-state index is 14.6. The third-order valence-corrected chi connectivity index (χ3v) is 9.54. The first-order chi connectivity index (χ1) is 24.5. The van der Waals surface area contributed by atoms with Gasteiger partial charge in [-0.15, -0.1) is 0 Å². The van der Waals surface area contributed by atoms with Gasteiger partial charge < -0.3 is 35.1 Å². The average molecular weight is 673 g/mol. The maximum Gasteiger partial charge on any atom is 0.255 e. The molecule has 3 aliphatic rings. The number of carbonyl (C=O) groups excluding carboxylic acids is 2. The summed E-state index contributed by atoms with van der Waals surface area (Å²) in [5, 5.41) is 0. The maximum atomic E-state index is 14.6. The van der Waals surface area contributed by atoms with Crippen LogP contribution in [-0.4, -0.2) is 47.7 Å². The summed E-state index contributed by atoms with van der Waals surface area (Å²) in [5.41, 5.74) is 19.9. The Bertz CT molecular complexity index is 1910. The molecule has 0 spiro atoms. The number of hydrogen-bond acceptors (Lipinski definition) is 6. The van der Waals surface area contributed by atoms with E-state index in [1.807, 2.05) is 60.4 Å². The zero-order chi connectivity index (χ0) is 35.0. The number of piperidine rings is 1. The molecule has 1 fully saturated rings. The van der Waals surface area contributed by atoms with E-state index < -0.39 is 0 Å². The van der Waals surface area contributed by atoms with Crippen molar-refractivity contribution >= 4 is 12.3 Å². The van der Waals surface area contributed by atoms with Crippen LogP contribution in [0, 0.1) is 0 Å². The minimum absolute atomic E-state index is 0.0632. The predicted octanol–water partition coefficient (Wildman–Crippen LogP) is 6.80. The van der Waals surface area contributed by atoms with Crippen LogP contribution in [0.4, 0.5) is 0 Å². The zero-order valence-electron chi connectivity index (χ0n) is 28.5. The van der Waals surface area contributed by atoms with Crippen LogP contribution in [0.5, 0.6) is 17.2 Å². The van der Waals surface area contributed by atoms with E-state index in [1.54, 1.807) is 6.08 Å². The summed E-state index contributed by atoms with van der Waals surface area (Å²) < 4.78 is 20.1. The Morgan fingerprint density at radius 3 is 2.44 bits per heavy atom. The van der Waals surface area contributed by atoms with Crippen LogP contribution in [0.2, 0.25) is 0 Å². The Morgan fingerprint density at radius 1 is 1.00 bits per heavy atom. The van der Waals surface area contributed by atoms with E-state index >= 15 is 0 Å². The number of primary amides is 1. The normalized spacial score (nSPS) is 17.9. The third-order valence-electron chi connectivity index (χ3n) is 9.54. The lowest BCUT2D eigenvalue weighted by Gasteiger charge is -2.38. The number of fused-ring (bicyclic) bond motifs is 2. The molecule has 0 radical (unpaired) electrons. The second kappa shape index (κ2) is 15.8. The standard InChI is InChI=1S/C40H41N3O4.CH3NO/c1-3-10-30-24-43(31(23-41)19-28(30)4-2)40(44)35-22-39-38(46-26-47-39)21-34(35)37-20-33(36-13-8-9-18-42(36)37)29-14-16-32(17-15-29)45-25-27-11-6-5-7-12-27;2-1-3/h3-7,10-12,14-17,20-22,31H,1,8-9,13,18-19,23-26,41H2,2H3;1H,(H2,2,3)/b28-4-,30-10-;. The summed E-state index contributed by atoms with van der Waals surface area (Å²) >= 11 is 0. The van der Waals surface area contributed by atoms with Gasteiger partial charge in [-0.1, -0.05) is 67.3 Å². The number of nitrogens with zero attached hydrogens (tertiary/aromatic N) is 2. The van der Waals surface area contributed by atoms with Crippen molar-refractivity contribution in [1.82, 2.24) is 9.47 Å². The molecule has 258 valence electrons. The molecule has 0 aliphatic carbocycles. The van der Waals surface area contributed by atoms with E-state index in [2.05, 4.69) is 53.3 Å². The molecule has 4 aromatic rings. The number of hydrogen-bond donors (Lipinski definition) is 2. The van der Waals surface area contributed by atoms with Crippen molar-refractivity contribution in [2.75, 3.05) is 19.9 Å². The Hall–Kier alpha value is -5.54. The highest BCUT2D eigenvalue weighted by Crippen LogP contribution is 2.44. The van der Waals surface area contributed by atoms with Gasteiger partial charge in [0.15, 0.2) is 11.5 Å². The molecular formula is C41H44N4O5. The fourth-order valence-corrected chi connectivity index (χ4v) is 7.07. The second-order valence-corrected chi connectivity index (χ2v) is 12.5. The number of allylic oxidation sites excluding steroid dienone is 3. The molecule has 3 aliphatic heterocycles. The first kappa shape index (κ1) is 34.3. The Balaban J connectivity index is 0.00000139. The molecule has 50 heavy (non-hydrogen) atoms. The molecule has 0 bridgehead atoms. The van der Waals surface area contributed by atoms with Gasteiger partial charge in [0.05, 0.1) is 5.56 Å². The predicted molar refractivity (Wildman–Crippen MR) is 196 cm³/mol. The lowest BCUT2D eigenvalue weighted by atomic mass is 9.90. The molecule has 7 rings (SSSR count). The lowest BCUT2D eigenvalue weighted by molar-refractivity contribution is -0.106. The van der Waals surface area contributed by atoms with Gasteiger partial charge in [0.25, 0.3) is 5.91 Å². The molecule has 0 saturated carbocycles. The highest BCUT2D eigenvalue weighted by molar-refractivity contribution is 6.02. The van der Waals surface area contributed by atoms with Crippen LogP contribution in [0.25, 0.3) is 22.4 Å². The number of rotatable bonds is 8. The molecular weight excluding hydrogens is 628 g/mol. The SMILES string of the molecule is C=C/C=C1/CN(C(=O)c2cc3c(cc2-c2cc(-c4ccc(OCc5ccccc5)cc4)c4n2CCCC4)OCO3)C(CN)C/C1=C/C.NC=O. The third kappa shape index (κ3) is 7.09. The molecule has 9 nitrogen and oxygen atoms in total. The summed E-state index contributed by atoms with van der Waals surface area (Å²) in [6, 6.07) is 24.5. The monoisotopic (exact) mass is 672 g/mol. The van der Waals surface area contributed by atoms with Gasteiger partial charge in [0.1, 0.15) is 12.4 Å². The molecule has 9 heteroatoms. The largest absolute Gasteiger partial charge is 0.489 e. The molecule has 4 heterocycles. The number of nitrogens with two attached hydrogens (primary N) is 2. The van der Waals surface area contributed by atoms with E-state index in [-0.39, 0.29) is 25.2 Å². The van der Waals surface area contributed by atoms with Crippen LogP contribution in [0.1, 0.15) is 47.8 Å². The van der Waals surface area contributed by atoms with Crippen LogP contribution in [-0.2, 0) is 24.4 Å². The molecule has 1 atom stereocenters. The van der Waals surface area contributed by atoms with Crippen molar-refractivity contribution in [3.05, 3.63) is 126 Å². The van der Waals surface area contributed by atoms with Gasteiger partial charge in [-0.2, -0.15) is 0 Å². The van der Waals surface area contributed by atoms with Crippen molar-refractivity contribution in [2.45, 2.75) is 51.8 Å². The average Bonchev–Trinajstić information content (AvgIpc) is 3.79. The fourth-order valence-electron chi connectivity index (χ4n) is 7.07. The lowest BCUT2D eigenvalue weighted by Crippen LogP contribution is -2.49. The summed E-state index contributed by atoms with van der Waals surface area (Å²) in [6.45, 7) is 8.33. The van der Waals surface area contributed by atoms with E-state index in [0.29, 0.717) is 43.2 Å². The minimum atomic E-state index is -0.117. The number of carbonyl (C=O) groups is 2. The van der Waals surface area contributed by atoms with Gasteiger partial charge in [0.2, 0.25) is 13.2 Å². The van der Waals surface area contributed by atoms with Crippen molar-refractivity contribution < 1.29 is 23.8 Å². The number of benzene rings is 3. The number of aromatic nitrogens is 1. The Labute approximate surface area is 293 Å². The summed E-state index contributed by atoms with van der Waals surface area (Å²) in [4.78, 5) is 25.1. The van der Waals surface area contributed by atoms with Gasteiger partial charge in [-0.25, -0.2) is 0 Å². The van der Waals surface area contributed by atoms with Gasteiger partial charge in [-0.3, -0.25) is 9.59 Å².